The lowest BCUT2D eigenvalue weighted by Gasteiger charge is -2.09. The molecule has 0 radical (unpaired) electrons. The van der Waals surface area contributed by atoms with Crippen LogP contribution in [0.2, 0.25) is 0 Å². The van der Waals surface area contributed by atoms with Crippen LogP contribution in [0.5, 0.6) is 11.5 Å². The molecule has 0 fully saturated rings. The van der Waals surface area contributed by atoms with E-state index in [1.807, 2.05) is 12.1 Å². The van der Waals surface area contributed by atoms with E-state index in [9.17, 15) is 0 Å². The van der Waals surface area contributed by atoms with Gasteiger partial charge in [-0.05, 0) is 29.6 Å². The predicted octanol–water partition coefficient (Wildman–Crippen LogP) is 4.17. The Bertz CT molecular complexity index is 971. The van der Waals surface area contributed by atoms with Crippen LogP contribution in [0.1, 0.15) is 18.3 Å². The first-order valence-electron chi connectivity index (χ1n) is 8.21. The van der Waals surface area contributed by atoms with Gasteiger partial charge in [0.25, 0.3) is 0 Å². The highest BCUT2D eigenvalue weighted by Gasteiger charge is 2.19. The maximum absolute atomic E-state index is 8.37. The molecule has 0 bridgehead atoms. The molecule has 4 rings (SSSR count). The van der Waals surface area contributed by atoms with Gasteiger partial charge in [-0.15, -0.1) is 0 Å². The molecule has 2 heterocycles. The second-order valence-electron chi connectivity index (χ2n) is 5.78. The normalized spacial score (nSPS) is 12.4. The molecule has 0 amide bonds. The summed E-state index contributed by atoms with van der Waals surface area (Å²) in [5.74, 6) is 2.48. The summed E-state index contributed by atoms with van der Waals surface area (Å²) < 4.78 is 13.1. The summed E-state index contributed by atoms with van der Waals surface area (Å²) in [4.78, 5) is 7.53. The first-order valence-corrected chi connectivity index (χ1v) is 8.21. The molecule has 0 saturated heterocycles. The van der Waals surface area contributed by atoms with Crippen molar-refractivity contribution < 1.29 is 9.47 Å². The number of ether oxygens (including phenoxy) is 2. The number of benzene rings is 2. The third kappa shape index (κ3) is 2.75. The second-order valence-corrected chi connectivity index (χ2v) is 5.78. The molecular formula is C18H17N5O2. The predicted molar refractivity (Wildman–Crippen MR) is 94.3 cm³/mol. The Morgan fingerprint density at radius 1 is 1.20 bits per heavy atom. The number of hydrogen-bond donors (Lipinski definition) is 0. The molecule has 3 aromatic rings. The molecule has 0 saturated carbocycles. The summed E-state index contributed by atoms with van der Waals surface area (Å²) in [6.45, 7) is 2.81. The number of nitrogens with zero attached hydrogens (tertiary/aromatic N) is 5. The zero-order valence-electron chi connectivity index (χ0n) is 13.8. The summed E-state index contributed by atoms with van der Waals surface area (Å²) in [5.41, 5.74) is 12.4. The number of hydrogen-bond acceptors (Lipinski definition) is 4. The molecule has 0 N–H and O–H groups in total. The van der Waals surface area contributed by atoms with E-state index >= 15 is 0 Å². The summed E-state index contributed by atoms with van der Waals surface area (Å²) >= 11 is 0. The van der Waals surface area contributed by atoms with E-state index in [1.165, 1.54) is 0 Å². The molecule has 7 heteroatoms. The summed E-state index contributed by atoms with van der Waals surface area (Å²) in [6, 6.07) is 12.2. The highest BCUT2D eigenvalue weighted by molar-refractivity contribution is 5.82. The van der Waals surface area contributed by atoms with Crippen LogP contribution < -0.4 is 9.47 Å². The summed E-state index contributed by atoms with van der Waals surface area (Å²) in [5, 5.41) is 3.58. The minimum Gasteiger partial charge on any atom is -0.454 e. The number of aromatic nitrogens is 2. The Morgan fingerprint density at radius 3 is 2.68 bits per heavy atom. The van der Waals surface area contributed by atoms with Crippen LogP contribution >= 0.6 is 0 Å². The third-order valence-corrected chi connectivity index (χ3v) is 4.29. The quantitative estimate of drug-likeness (QED) is 0.398. The van der Waals surface area contributed by atoms with Crippen molar-refractivity contribution in [1.82, 2.24) is 9.55 Å². The topological polar surface area (TPSA) is 85.0 Å². The lowest BCUT2D eigenvalue weighted by atomic mass is 10.1. The standard InChI is InChI=1S/C18H17N5O2/c1-2-18-21-14-9-16-17(25-11-24-16)10-15(14)23(18)13-5-3-12(4-6-13)7-8-20-22-19/h3-6,9-10H,2,7-8,11H2,1H3. The van der Waals surface area contributed by atoms with Crippen LogP contribution in [0.3, 0.4) is 0 Å². The van der Waals surface area contributed by atoms with Crippen molar-refractivity contribution in [3.63, 3.8) is 0 Å². The fourth-order valence-corrected chi connectivity index (χ4v) is 3.08. The average Bonchev–Trinajstić information content (AvgIpc) is 3.23. The van der Waals surface area contributed by atoms with Gasteiger partial charge in [-0.25, -0.2) is 4.98 Å². The summed E-state index contributed by atoms with van der Waals surface area (Å²) in [7, 11) is 0. The number of azide groups is 1. The molecule has 1 aliphatic heterocycles. The van der Waals surface area contributed by atoms with Crippen molar-refractivity contribution >= 4 is 11.0 Å². The minimum absolute atomic E-state index is 0.252. The minimum atomic E-state index is 0.252. The van der Waals surface area contributed by atoms with Crippen molar-refractivity contribution in [2.45, 2.75) is 19.8 Å². The zero-order valence-corrected chi connectivity index (χ0v) is 13.8. The van der Waals surface area contributed by atoms with E-state index in [0.29, 0.717) is 6.54 Å². The highest BCUT2D eigenvalue weighted by atomic mass is 16.7. The first-order chi connectivity index (χ1) is 12.3. The van der Waals surface area contributed by atoms with E-state index in [2.05, 4.69) is 45.8 Å². The van der Waals surface area contributed by atoms with Crippen LogP contribution in [-0.2, 0) is 12.8 Å². The maximum Gasteiger partial charge on any atom is 0.231 e. The summed E-state index contributed by atoms with van der Waals surface area (Å²) in [6.07, 6.45) is 1.55. The fraction of sp³-hybridized carbons (Fsp3) is 0.278. The van der Waals surface area contributed by atoms with Crippen LogP contribution in [-0.4, -0.2) is 22.9 Å². The van der Waals surface area contributed by atoms with Crippen molar-refractivity contribution in [1.29, 1.82) is 0 Å². The number of imidazole rings is 1. The Kier molecular flexibility index (Phi) is 3.91. The largest absolute Gasteiger partial charge is 0.454 e. The van der Waals surface area contributed by atoms with E-state index in [1.54, 1.807) is 0 Å². The average molecular weight is 335 g/mol. The molecule has 0 aliphatic carbocycles. The van der Waals surface area contributed by atoms with Crippen LogP contribution in [0.25, 0.3) is 27.2 Å². The smallest absolute Gasteiger partial charge is 0.231 e. The Balaban J connectivity index is 1.76. The lowest BCUT2D eigenvalue weighted by Crippen LogP contribution is -2.00. The van der Waals surface area contributed by atoms with Gasteiger partial charge in [0.2, 0.25) is 6.79 Å². The highest BCUT2D eigenvalue weighted by Crippen LogP contribution is 2.37. The van der Waals surface area contributed by atoms with Gasteiger partial charge in [-0.3, -0.25) is 4.57 Å². The van der Waals surface area contributed by atoms with Crippen molar-refractivity contribution in [3.8, 4) is 17.2 Å². The number of aryl methyl sites for hydroxylation is 1. The van der Waals surface area contributed by atoms with E-state index in [-0.39, 0.29) is 6.79 Å². The zero-order chi connectivity index (χ0) is 17.2. The monoisotopic (exact) mass is 335 g/mol. The van der Waals surface area contributed by atoms with Crippen molar-refractivity contribution in [2.24, 2.45) is 5.11 Å². The van der Waals surface area contributed by atoms with Gasteiger partial charge in [-0.1, -0.05) is 24.2 Å². The first kappa shape index (κ1) is 15.4. The lowest BCUT2D eigenvalue weighted by molar-refractivity contribution is 0.174. The van der Waals surface area contributed by atoms with Gasteiger partial charge in [0.05, 0.1) is 11.0 Å². The molecule has 7 nitrogen and oxygen atoms in total. The van der Waals surface area contributed by atoms with E-state index in [0.717, 1.165) is 52.4 Å². The Morgan fingerprint density at radius 2 is 1.96 bits per heavy atom. The third-order valence-electron chi connectivity index (χ3n) is 4.29. The van der Waals surface area contributed by atoms with Crippen molar-refractivity contribution in [2.75, 3.05) is 13.3 Å². The Labute approximate surface area is 144 Å². The molecular weight excluding hydrogens is 318 g/mol. The Hall–Kier alpha value is -3.18. The fourth-order valence-electron chi connectivity index (χ4n) is 3.08. The van der Waals surface area contributed by atoms with E-state index < -0.39 is 0 Å². The molecule has 25 heavy (non-hydrogen) atoms. The van der Waals surface area contributed by atoms with Crippen LogP contribution in [0, 0.1) is 0 Å². The van der Waals surface area contributed by atoms with Gasteiger partial charge in [-0.2, -0.15) is 0 Å². The molecule has 2 aromatic carbocycles. The maximum atomic E-state index is 8.37. The number of rotatable bonds is 5. The van der Waals surface area contributed by atoms with Gasteiger partial charge in [0.1, 0.15) is 5.82 Å². The SMILES string of the molecule is CCc1nc2cc3c(cc2n1-c1ccc(CCN=[N+]=[N-])cc1)OCO3. The van der Waals surface area contributed by atoms with Gasteiger partial charge >= 0.3 is 0 Å². The van der Waals surface area contributed by atoms with Gasteiger partial charge < -0.3 is 9.47 Å². The molecule has 0 unspecified atom stereocenters. The van der Waals surface area contributed by atoms with E-state index in [4.69, 9.17) is 20.0 Å². The number of fused-ring (bicyclic) bond motifs is 2. The van der Waals surface area contributed by atoms with Crippen molar-refractivity contribution in [3.05, 3.63) is 58.2 Å². The molecule has 0 atom stereocenters. The molecule has 1 aromatic heterocycles. The van der Waals surface area contributed by atoms with Gasteiger partial charge in [0, 0.05) is 35.7 Å². The molecule has 0 spiro atoms. The molecule has 126 valence electrons. The van der Waals surface area contributed by atoms with Crippen LogP contribution in [0.15, 0.2) is 41.5 Å². The second kappa shape index (κ2) is 6.37. The van der Waals surface area contributed by atoms with Crippen LogP contribution in [0.4, 0.5) is 0 Å². The van der Waals surface area contributed by atoms with Gasteiger partial charge in [0.15, 0.2) is 11.5 Å². The molecule has 1 aliphatic rings.